The molecule has 1 atom stereocenters. The smallest absolute Gasteiger partial charge is 0.253 e. The van der Waals surface area contributed by atoms with Gasteiger partial charge in [0.15, 0.2) is 0 Å². The number of hydrogen-bond acceptors (Lipinski definition) is 3. The number of para-hydroxylation sites is 1. The number of carbonyl (C=O) groups excluding carboxylic acids is 3. The Morgan fingerprint density at radius 3 is 2.55 bits per heavy atom. The molecule has 2 aromatic carbocycles. The standard InChI is InChI=1S/C23H27N3O3/c1-3-4-13-24-23(29)19-7-5-6-8-20(19)25-22(28)17-14-21(27)26(15-17)18-11-9-16(2)10-12-18/h5-12,17H,3-4,13-15H2,1-2H3,(H,24,29)(H,25,28)/t17-/m0/s1. The summed E-state index contributed by atoms with van der Waals surface area (Å²) in [7, 11) is 0. The lowest BCUT2D eigenvalue weighted by molar-refractivity contribution is -0.122. The van der Waals surface area contributed by atoms with Crippen molar-refractivity contribution in [1.82, 2.24) is 5.32 Å². The number of amides is 3. The van der Waals surface area contributed by atoms with E-state index in [0.717, 1.165) is 24.1 Å². The average Bonchev–Trinajstić information content (AvgIpc) is 3.11. The van der Waals surface area contributed by atoms with E-state index >= 15 is 0 Å². The van der Waals surface area contributed by atoms with Crippen molar-refractivity contribution in [3.8, 4) is 0 Å². The molecule has 6 heteroatoms. The number of anilines is 2. The molecule has 0 unspecified atom stereocenters. The van der Waals surface area contributed by atoms with E-state index in [2.05, 4.69) is 17.6 Å². The van der Waals surface area contributed by atoms with Crippen LogP contribution < -0.4 is 15.5 Å². The molecule has 0 radical (unpaired) electrons. The molecule has 1 saturated heterocycles. The third kappa shape index (κ3) is 5.02. The van der Waals surface area contributed by atoms with Crippen LogP contribution in [-0.4, -0.2) is 30.8 Å². The first-order valence-electron chi connectivity index (χ1n) is 10.0. The molecule has 152 valence electrons. The second kappa shape index (κ2) is 9.37. The van der Waals surface area contributed by atoms with Gasteiger partial charge >= 0.3 is 0 Å². The number of aryl methyl sites for hydroxylation is 1. The summed E-state index contributed by atoms with van der Waals surface area (Å²) in [6.45, 7) is 4.98. The number of benzene rings is 2. The van der Waals surface area contributed by atoms with Crippen molar-refractivity contribution in [2.45, 2.75) is 33.1 Å². The van der Waals surface area contributed by atoms with Crippen molar-refractivity contribution in [3.63, 3.8) is 0 Å². The lowest BCUT2D eigenvalue weighted by Crippen LogP contribution is -2.29. The molecule has 0 spiro atoms. The highest BCUT2D eigenvalue weighted by atomic mass is 16.2. The van der Waals surface area contributed by atoms with Gasteiger partial charge in [0.25, 0.3) is 5.91 Å². The van der Waals surface area contributed by atoms with E-state index in [1.54, 1.807) is 29.2 Å². The molecule has 0 saturated carbocycles. The number of carbonyl (C=O) groups is 3. The fraction of sp³-hybridized carbons (Fsp3) is 0.348. The Labute approximate surface area is 171 Å². The molecule has 3 rings (SSSR count). The molecule has 3 amide bonds. The summed E-state index contributed by atoms with van der Waals surface area (Å²) in [6.07, 6.45) is 2.05. The highest BCUT2D eigenvalue weighted by Crippen LogP contribution is 2.27. The van der Waals surface area contributed by atoms with Crippen LogP contribution in [0.15, 0.2) is 48.5 Å². The summed E-state index contributed by atoms with van der Waals surface area (Å²) in [5.74, 6) is -0.987. The van der Waals surface area contributed by atoms with E-state index in [1.165, 1.54) is 0 Å². The van der Waals surface area contributed by atoms with Crippen molar-refractivity contribution in [2.75, 3.05) is 23.3 Å². The second-order valence-electron chi connectivity index (χ2n) is 7.39. The molecule has 2 N–H and O–H groups in total. The molecule has 0 bridgehead atoms. The van der Waals surface area contributed by atoms with Gasteiger partial charge in [-0.1, -0.05) is 43.2 Å². The van der Waals surface area contributed by atoms with Crippen LogP contribution in [0.25, 0.3) is 0 Å². The lowest BCUT2D eigenvalue weighted by Gasteiger charge is -2.17. The topological polar surface area (TPSA) is 78.5 Å². The maximum atomic E-state index is 12.8. The first kappa shape index (κ1) is 20.6. The van der Waals surface area contributed by atoms with E-state index in [1.807, 2.05) is 31.2 Å². The zero-order valence-electron chi connectivity index (χ0n) is 16.9. The van der Waals surface area contributed by atoms with Crippen molar-refractivity contribution in [1.29, 1.82) is 0 Å². The number of nitrogens with one attached hydrogen (secondary N) is 2. The van der Waals surface area contributed by atoms with Gasteiger partial charge in [0.2, 0.25) is 11.8 Å². The molecule has 2 aromatic rings. The van der Waals surface area contributed by atoms with Gasteiger partial charge < -0.3 is 15.5 Å². The van der Waals surface area contributed by atoms with Crippen molar-refractivity contribution >= 4 is 29.1 Å². The van der Waals surface area contributed by atoms with Crippen LogP contribution in [-0.2, 0) is 9.59 Å². The minimum absolute atomic E-state index is 0.0698. The van der Waals surface area contributed by atoms with Crippen LogP contribution >= 0.6 is 0 Å². The van der Waals surface area contributed by atoms with Crippen LogP contribution in [0.3, 0.4) is 0 Å². The zero-order chi connectivity index (χ0) is 20.8. The quantitative estimate of drug-likeness (QED) is 0.707. The molecule has 1 aliphatic rings. The van der Waals surface area contributed by atoms with Crippen molar-refractivity contribution < 1.29 is 14.4 Å². The molecule has 0 aromatic heterocycles. The Morgan fingerprint density at radius 1 is 1.10 bits per heavy atom. The second-order valence-corrected chi connectivity index (χ2v) is 7.39. The largest absolute Gasteiger partial charge is 0.352 e. The molecule has 1 heterocycles. The van der Waals surface area contributed by atoms with E-state index in [-0.39, 0.29) is 24.1 Å². The highest BCUT2D eigenvalue weighted by molar-refractivity contribution is 6.07. The maximum absolute atomic E-state index is 12.8. The molecule has 0 aliphatic carbocycles. The summed E-state index contributed by atoms with van der Waals surface area (Å²) >= 11 is 0. The molecule has 1 aliphatic heterocycles. The van der Waals surface area contributed by atoms with Gasteiger partial charge in [-0.15, -0.1) is 0 Å². The molecule has 29 heavy (non-hydrogen) atoms. The normalized spacial score (nSPS) is 16.0. The summed E-state index contributed by atoms with van der Waals surface area (Å²) in [6, 6.07) is 14.6. The predicted molar refractivity (Wildman–Crippen MR) is 114 cm³/mol. The van der Waals surface area contributed by atoms with Gasteiger partial charge in [-0.3, -0.25) is 14.4 Å². The van der Waals surface area contributed by atoms with E-state index in [4.69, 9.17) is 0 Å². The summed E-state index contributed by atoms with van der Waals surface area (Å²) in [5.41, 5.74) is 2.81. The van der Waals surface area contributed by atoms with E-state index in [0.29, 0.717) is 24.3 Å². The minimum atomic E-state index is -0.458. The highest BCUT2D eigenvalue weighted by Gasteiger charge is 2.35. The Bertz CT molecular complexity index is 892. The summed E-state index contributed by atoms with van der Waals surface area (Å²) in [5, 5.41) is 5.72. The van der Waals surface area contributed by atoms with Gasteiger partial charge in [0, 0.05) is 25.2 Å². The fourth-order valence-electron chi connectivity index (χ4n) is 3.36. The van der Waals surface area contributed by atoms with Gasteiger partial charge in [0.1, 0.15) is 0 Å². The SMILES string of the molecule is CCCCNC(=O)c1ccccc1NC(=O)[C@H]1CC(=O)N(c2ccc(C)cc2)C1. The van der Waals surface area contributed by atoms with E-state index < -0.39 is 5.92 Å². The number of rotatable bonds is 7. The maximum Gasteiger partial charge on any atom is 0.253 e. The monoisotopic (exact) mass is 393 g/mol. The Kier molecular flexibility index (Phi) is 6.65. The third-order valence-corrected chi connectivity index (χ3v) is 5.09. The summed E-state index contributed by atoms with van der Waals surface area (Å²) in [4.78, 5) is 39.3. The van der Waals surface area contributed by atoms with Gasteiger partial charge in [-0.05, 0) is 37.6 Å². The third-order valence-electron chi connectivity index (χ3n) is 5.09. The Hall–Kier alpha value is -3.15. The van der Waals surface area contributed by atoms with Crippen LogP contribution in [0.4, 0.5) is 11.4 Å². The number of nitrogens with zero attached hydrogens (tertiary/aromatic N) is 1. The van der Waals surface area contributed by atoms with Crippen LogP contribution in [0.1, 0.15) is 42.1 Å². The van der Waals surface area contributed by atoms with Crippen LogP contribution in [0, 0.1) is 12.8 Å². The van der Waals surface area contributed by atoms with Crippen molar-refractivity contribution in [2.24, 2.45) is 5.92 Å². The number of unbranched alkanes of at least 4 members (excludes halogenated alkanes) is 1. The van der Waals surface area contributed by atoms with Crippen LogP contribution in [0.2, 0.25) is 0 Å². The molecule has 1 fully saturated rings. The number of hydrogen-bond donors (Lipinski definition) is 2. The zero-order valence-corrected chi connectivity index (χ0v) is 16.9. The first-order valence-corrected chi connectivity index (χ1v) is 10.0. The summed E-state index contributed by atoms with van der Waals surface area (Å²) < 4.78 is 0. The molecular formula is C23H27N3O3. The lowest BCUT2D eigenvalue weighted by atomic mass is 10.1. The molecular weight excluding hydrogens is 366 g/mol. The average molecular weight is 393 g/mol. The fourth-order valence-corrected chi connectivity index (χ4v) is 3.36. The van der Waals surface area contributed by atoms with Crippen LogP contribution in [0.5, 0.6) is 0 Å². The Balaban J connectivity index is 1.67. The van der Waals surface area contributed by atoms with Gasteiger partial charge in [0.05, 0.1) is 17.2 Å². The van der Waals surface area contributed by atoms with E-state index in [9.17, 15) is 14.4 Å². The van der Waals surface area contributed by atoms with Crippen molar-refractivity contribution in [3.05, 3.63) is 59.7 Å². The predicted octanol–water partition coefficient (Wildman–Crippen LogP) is 3.52. The Morgan fingerprint density at radius 2 is 1.83 bits per heavy atom. The van der Waals surface area contributed by atoms with Gasteiger partial charge in [-0.2, -0.15) is 0 Å². The minimum Gasteiger partial charge on any atom is -0.352 e. The first-order chi connectivity index (χ1) is 14.0. The molecule has 6 nitrogen and oxygen atoms in total. The van der Waals surface area contributed by atoms with Gasteiger partial charge in [-0.25, -0.2) is 0 Å².